The maximum absolute atomic E-state index is 12.8. The molecule has 0 radical (unpaired) electrons. The van der Waals surface area contributed by atoms with E-state index in [9.17, 15) is 19.5 Å². The molecule has 1 aliphatic heterocycles. The lowest BCUT2D eigenvalue weighted by Gasteiger charge is -2.20. The fourth-order valence-electron chi connectivity index (χ4n) is 4.46. The maximum Gasteiger partial charge on any atom is 0.407 e. The van der Waals surface area contributed by atoms with Crippen molar-refractivity contribution in [3.05, 3.63) is 65.5 Å². The quantitative estimate of drug-likeness (QED) is 0.328. The van der Waals surface area contributed by atoms with Crippen molar-refractivity contribution in [3.8, 4) is 0 Å². The van der Waals surface area contributed by atoms with Gasteiger partial charge in [0.15, 0.2) is 0 Å². The minimum atomic E-state index is -1.19. The normalized spacial score (nSPS) is 18.0. The average Bonchev–Trinajstić information content (AvgIpc) is 3.41. The van der Waals surface area contributed by atoms with Crippen LogP contribution in [-0.2, 0) is 16.8 Å². The summed E-state index contributed by atoms with van der Waals surface area (Å²) in [6.45, 7) is 6.80. The summed E-state index contributed by atoms with van der Waals surface area (Å²) in [5.74, 6) is -1.08. The molecule has 184 valence electrons. The van der Waals surface area contributed by atoms with Gasteiger partial charge >= 0.3 is 6.09 Å². The number of aromatic nitrogens is 2. The molecule has 1 saturated heterocycles. The Kier molecular flexibility index (Phi) is 6.49. The summed E-state index contributed by atoms with van der Waals surface area (Å²) in [5.41, 5.74) is 4.75. The summed E-state index contributed by atoms with van der Waals surface area (Å²) < 4.78 is 2.18. The fourth-order valence-corrected chi connectivity index (χ4v) is 4.46. The van der Waals surface area contributed by atoms with Gasteiger partial charge in [0.1, 0.15) is 5.82 Å². The van der Waals surface area contributed by atoms with Crippen molar-refractivity contribution in [2.45, 2.75) is 38.8 Å². The van der Waals surface area contributed by atoms with E-state index < -0.39 is 29.9 Å². The standard InChI is InChI=1S/C25H29N5O5/c1-25(2,3)23-27-18-6-4-5-7-20(18)30(23)12-15-8-10-16(11-9-15)21(31)26-19-14-29(24(33)34)13-17(19)22(32)28-35/h4-11,17,19,35H,12-14H2,1-3H3,(H,26,31)(H,28,32)(H,33,34)/t17-,19+/m0/s1. The van der Waals surface area contributed by atoms with Gasteiger partial charge < -0.3 is 19.9 Å². The predicted octanol–water partition coefficient (Wildman–Crippen LogP) is 2.60. The lowest BCUT2D eigenvalue weighted by molar-refractivity contribution is -0.133. The van der Waals surface area contributed by atoms with Crippen LogP contribution in [0.25, 0.3) is 11.0 Å². The number of carbonyl (C=O) groups is 3. The van der Waals surface area contributed by atoms with Crippen molar-refractivity contribution in [2.24, 2.45) is 5.92 Å². The molecule has 35 heavy (non-hydrogen) atoms. The number of hydrogen-bond donors (Lipinski definition) is 4. The Bertz CT molecular complexity index is 1260. The Morgan fingerprint density at radius 3 is 2.37 bits per heavy atom. The van der Waals surface area contributed by atoms with Crippen molar-refractivity contribution in [1.29, 1.82) is 0 Å². The molecule has 10 nitrogen and oxygen atoms in total. The first kappa shape index (κ1) is 24.2. The first-order chi connectivity index (χ1) is 16.6. The Labute approximate surface area is 202 Å². The van der Waals surface area contributed by atoms with Crippen LogP contribution in [0.3, 0.4) is 0 Å². The Morgan fingerprint density at radius 1 is 1.06 bits per heavy atom. The first-order valence-electron chi connectivity index (χ1n) is 11.4. The van der Waals surface area contributed by atoms with E-state index in [1.807, 2.05) is 36.4 Å². The second-order valence-electron chi connectivity index (χ2n) is 9.81. The molecular formula is C25H29N5O5. The number of hydroxylamine groups is 1. The lowest BCUT2D eigenvalue weighted by atomic mass is 9.95. The zero-order valence-corrected chi connectivity index (χ0v) is 19.9. The summed E-state index contributed by atoms with van der Waals surface area (Å²) in [4.78, 5) is 42.0. The van der Waals surface area contributed by atoms with Gasteiger partial charge in [-0.2, -0.15) is 0 Å². The highest BCUT2D eigenvalue weighted by atomic mass is 16.5. The number of benzene rings is 2. The topological polar surface area (TPSA) is 137 Å². The molecule has 0 spiro atoms. The molecule has 2 aromatic carbocycles. The van der Waals surface area contributed by atoms with Gasteiger partial charge in [0.25, 0.3) is 5.91 Å². The van der Waals surface area contributed by atoms with Crippen LogP contribution in [0.15, 0.2) is 48.5 Å². The highest BCUT2D eigenvalue weighted by Gasteiger charge is 2.40. The number of nitrogens with one attached hydrogen (secondary N) is 2. The van der Waals surface area contributed by atoms with Crippen molar-refractivity contribution >= 4 is 28.9 Å². The summed E-state index contributed by atoms with van der Waals surface area (Å²) in [6, 6.07) is 14.4. The number of nitrogens with zero attached hydrogens (tertiary/aromatic N) is 3. The van der Waals surface area contributed by atoms with Crippen molar-refractivity contribution in [2.75, 3.05) is 13.1 Å². The number of para-hydroxylation sites is 2. The van der Waals surface area contributed by atoms with Gasteiger partial charge in [-0.3, -0.25) is 14.8 Å². The number of rotatable bonds is 5. The molecule has 0 bridgehead atoms. The molecule has 2 atom stereocenters. The Morgan fingerprint density at radius 2 is 1.74 bits per heavy atom. The molecule has 2 heterocycles. The van der Waals surface area contributed by atoms with Crippen LogP contribution in [0, 0.1) is 5.92 Å². The molecule has 0 saturated carbocycles. The number of amides is 3. The summed E-state index contributed by atoms with van der Waals surface area (Å²) >= 11 is 0. The number of hydrogen-bond acceptors (Lipinski definition) is 5. The maximum atomic E-state index is 12.8. The molecule has 3 aromatic rings. The Hall–Kier alpha value is -3.92. The van der Waals surface area contributed by atoms with Crippen LogP contribution in [0.4, 0.5) is 4.79 Å². The molecule has 1 fully saturated rings. The van der Waals surface area contributed by atoms with E-state index in [1.54, 1.807) is 17.6 Å². The third-order valence-corrected chi connectivity index (χ3v) is 6.24. The molecule has 1 aromatic heterocycles. The monoisotopic (exact) mass is 479 g/mol. The zero-order valence-electron chi connectivity index (χ0n) is 19.9. The molecule has 0 unspecified atom stereocenters. The van der Waals surface area contributed by atoms with Crippen LogP contribution in [0.5, 0.6) is 0 Å². The lowest BCUT2D eigenvalue weighted by Crippen LogP contribution is -2.45. The number of fused-ring (bicyclic) bond motifs is 1. The fraction of sp³-hybridized carbons (Fsp3) is 0.360. The summed E-state index contributed by atoms with van der Waals surface area (Å²) in [6.07, 6.45) is -1.19. The molecule has 10 heteroatoms. The SMILES string of the molecule is CC(C)(C)c1nc2ccccc2n1Cc1ccc(C(=O)N[C@@H]2CN(C(=O)O)C[C@@H]2C(=O)NO)cc1. The molecule has 0 aliphatic carbocycles. The smallest absolute Gasteiger partial charge is 0.407 e. The van der Waals surface area contributed by atoms with Gasteiger partial charge in [-0.25, -0.2) is 15.3 Å². The molecule has 3 amide bonds. The second kappa shape index (κ2) is 9.38. The zero-order chi connectivity index (χ0) is 25.3. The largest absolute Gasteiger partial charge is 0.465 e. The van der Waals surface area contributed by atoms with Crippen LogP contribution < -0.4 is 10.8 Å². The van der Waals surface area contributed by atoms with Gasteiger partial charge in [-0.1, -0.05) is 45.0 Å². The second-order valence-corrected chi connectivity index (χ2v) is 9.81. The Balaban J connectivity index is 1.51. The van der Waals surface area contributed by atoms with Gasteiger partial charge in [0.2, 0.25) is 5.91 Å². The number of carbonyl (C=O) groups excluding carboxylic acids is 2. The molecule has 4 rings (SSSR count). The molecular weight excluding hydrogens is 450 g/mol. The predicted molar refractivity (Wildman–Crippen MR) is 128 cm³/mol. The number of likely N-dealkylation sites (tertiary alicyclic amines) is 1. The molecule has 1 aliphatic rings. The van der Waals surface area contributed by atoms with Gasteiger partial charge in [-0.15, -0.1) is 0 Å². The summed E-state index contributed by atoms with van der Waals surface area (Å²) in [5, 5.41) is 20.9. The van der Waals surface area contributed by atoms with E-state index in [4.69, 9.17) is 10.2 Å². The van der Waals surface area contributed by atoms with Crippen LogP contribution in [0.1, 0.15) is 42.5 Å². The highest BCUT2D eigenvalue weighted by Crippen LogP contribution is 2.27. The number of imidazole rings is 1. The minimum absolute atomic E-state index is 0.0411. The van der Waals surface area contributed by atoms with Crippen molar-refractivity contribution in [1.82, 2.24) is 25.2 Å². The van der Waals surface area contributed by atoms with E-state index in [0.29, 0.717) is 12.1 Å². The number of carboxylic acid groups (broad SMARTS) is 1. The van der Waals surface area contributed by atoms with Crippen LogP contribution in [0.2, 0.25) is 0 Å². The van der Waals surface area contributed by atoms with E-state index in [-0.39, 0.29) is 18.5 Å². The minimum Gasteiger partial charge on any atom is -0.465 e. The summed E-state index contributed by atoms with van der Waals surface area (Å²) in [7, 11) is 0. The molecule has 4 N–H and O–H groups in total. The van der Waals surface area contributed by atoms with Gasteiger partial charge in [0, 0.05) is 30.6 Å². The van der Waals surface area contributed by atoms with Crippen molar-refractivity contribution in [3.63, 3.8) is 0 Å². The van der Waals surface area contributed by atoms with Crippen LogP contribution >= 0.6 is 0 Å². The van der Waals surface area contributed by atoms with Gasteiger partial charge in [-0.05, 0) is 29.8 Å². The van der Waals surface area contributed by atoms with E-state index in [1.165, 1.54) is 0 Å². The first-order valence-corrected chi connectivity index (χ1v) is 11.4. The third kappa shape index (κ3) is 4.97. The van der Waals surface area contributed by atoms with E-state index in [2.05, 4.69) is 30.7 Å². The van der Waals surface area contributed by atoms with Crippen LogP contribution in [-0.4, -0.2) is 61.8 Å². The van der Waals surface area contributed by atoms with E-state index in [0.717, 1.165) is 27.3 Å². The third-order valence-electron chi connectivity index (χ3n) is 6.24. The van der Waals surface area contributed by atoms with Crippen molar-refractivity contribution < 1.29 is 24.7 Å². The highest BCUT2D eigenvalue weighted by molar-refractivity contribution is 5.95. The van der Waals surface area contributed by atoms with E-state index >= 15 is 0 Å². The van der Waals surface area contributed by atoms with Gasteiger partial charge in [0.05, 0.1) is 23.0 Å². The average molecular weight is 480 g/mol.